The van der Waals surface area contributed by atoms with Gasteiger partial charge in [0.1, 0.15) is 0 Å². The Morgan fingerprint density at radius 3 is 1.82 bits per heavy atom. The van der Waals surface area contributed by atoms with Crippen molar-refractivity contribution in [2.75, 3.05) is 0 Å². The standard InChI is InChI=1S/C10H20.CH4/c1-3-9-6-5-7-10(4-2)8-9;/h9-10H,3-8H2,1-2H3;1H4. The van der Waals surface area contributed by atoms with E-state index in [0.29, 0.717) is 0 Å². The van der Waals surface area contributed by atoms with E-state index in [9.17, 15) is 0 Å². The zero-order chi connectivity index (χ0) is 7.40. The fourth-order valence-electron chi connectivity index (χ4n) is 2.14. The van der Waals surface area contributed by atoms with E-state index in [0.717, 1.165) is 11.8 Å². The highest BCUT2D eigenvalue weighted by molar-refractivity contribution is 4.70. The van der Waals surface area contributed by atoms with Crippen LogP contribution in [0.2, 0.25) is 0 Å². The average molecular weight is 156 g/mol. The molecule has 0 heteroatoms. The molecular weight excluding hydrogens is 132 g/mol. The number of hydrogen-bond acceptors (Lipinski definition) is 0. The van der Waals surface area contributed by atoms with Crippen molar-refractivity contribution in [2.45, 2.75) is 59.8 Å². The summed E-state index contributed by atoms with van der Waals surface area (Å²) in [7, 11) is 0. The van der Waals surface area contributed by atoms with Crippen LogP contribution in [0.3, 0.4) is 0 Å². The smallest absolute Gasteiger partial charge is 0.0414 e. The Bertz CT molecular complexity index is 76.0. The molecule has 2 unspecified atom stereocenters. The van der Waals surface area contributed by atoms with Gasteiger partial charge in [0.2, 0.25) is 0 Å². The Balaban J connectivity index is 0.000001000. The first kappa shape index (κ1) is 11.0. The van der Waals surface area contributed by atoms with Crippen LogP contribution in [0.4, 0.5) is 0 Å². The molecule has 0 aromatic heterocycles. The predicted molar refractivity (Wildman–Crippen MR) is 52.8 cm³/mol. The minimum absolute atomic E-state index is 0. The first-order valence-corrected chi connectivity index (χ1v) is 4.86. The van der Waals surface area contributed by atoms with Gasteiger partial charge in [-0.2, -0.15) is 0 Å². The third-order valence-electron chi connectivity index (χ3n) is 3.05. The van der Waals surface area contributed by atoms with Crippen LogP contribution < -0.4 is 0 Å². The second kappa shape index (κ2) is 5.62. The Labute approximate surface area is 72.4 Å². The van der Waals surface area contributed by atoms with Gasteiger partial charge in [0.15, 0.2) is 0 Å². The van der Waals surface area contributed by atoms with Crippen molar-refractivity contribution in [3.05, 3.63) is 0 Å². The van der Waals surface area contributed by atoms with Gasteiger partial charge < -0.3 is 0 Å². The molecule has 2 atom stereocenters. The highest BCUT2D eigenvalue weighted by Gasteiger charge is 2.18. The largest absolute Gasteiger partial charge is 0.0776 e. The summed E-state index contributed by atoms with van der Waals surface area (Å²) in [5.41, 5.74) is 0. The normalized spacial score (nSPS) is 31.1. The molecule has 1 rings (SSSR count). The molecule has 1 aliphatic carbocycles. The molecule has 1 fully saturated rings. The van der Waals surface area contributed by atoms with Crippen molar-refractivity contribution in [1.29, 1.82) is 0 Å². The summed E-state index contributed by atoms with van der Waals surface area (Å²) < 4.78 is 0. The van der Waals surface area contributed by atoms with Gasteiger partial charge in [0, 0.05) is 0 Å². The van der Waals surface area contributed by atoms with E-state index >= 15 is 0 Å². The first-order valence-electron chi connectivity index (χ1n) is 4.86. The number of rotatable bonds is 2. The molecule has 1 aliphatic rings. The Hall–Kier alpha value is 0. The second-order valence-electron chi connectivity index (χ2n) is 3.72. The average Bonchev–Trinajstić information content (AvgIpc) is 2.05. The summed E-state index contributed by atoms with van der Waals surface area (Å²) in [5, 5.41) is 0. The summed E-state index contributed by atoms with van der Waals surface area (Å²) in [6, 6.07) is 0. The van der Waals surface area contributed by atoms with Crippen LogP contribution in [-0.2, 0) is 0 Å². The third kappa shape index (κ3) is 3.27. The molecule has 0 radical (unpaired) electrons. The maximum atomic E-state index is 2.34. The first-order chi connectivity index (χ1) is 4.86. The minimum atomic E-state index is 0. The Morgan fingerprint density at radius 2 is 1.45 bits per heavy atom. The lowest BCUT2D eigenvalue weighted by Gasteiger charge is -2.27. The Morgan fingerprint density at radius 1 is 1.00 bits per heavy atom. The maximum Gasteiger partial charge on any atom is -0.0414 e. The van der Waals surface area contributed by atoms with Gasteiger partial charge in [-0.3, -0.25) is 0 Å². The lowest BCUT2D eigenvalue weighted by atomic mass is 9.79. The van der Waals surface area contributed by atoms with E-state index < -0.39 is 0 Å². The molecule has 0 aliphatic heterocycles. The van der Waals surface area contributed by atoms with Gasteiger partial charge in [0.25, 0.3) is 0 Å². The zero-order valence-corrected chi connectivity index (χ0v) is 7.40. The minimum Gasteiger partial charge on any atom is -0.0776 e. The molecule has 1 saturated carbocycles. The van der Waals surface area contributed by atoms with Crippen LogP contribution in [0.15, 0.2) is 0 Å². The maximum absolute atomic E-state index is 2.34. The predicted octanol–water partition coefficient (Wildman–Crippen LogP) is 4.25. The van der Waals surface area contributed by atoms with Crippen molar-refractivity contribution < 1.29 is 0 Å². The summed E-state index contributed by atoms with van der Waals surface area (Å²) in [5.74, 6) is 2.14. The van der Waals surface area contributed by atoms with E-state index in [1.165, 1.54) is 38.5 Å². The quantitative estimate of drug-likeness (QED) is 0.560. The number of hydrogen-bond donors (Lipinski definition) is 0. The van der Waals surface area contributed by atoms with E-state index in [-0.39, 0.29) is 7.43 Å². The van der Waals surface area contributed by atoms with Crippen LogP contribution in [-0.4, -0.2) is 0 Å². The monoisotopic (exact) mass is 156 g/mol. The third-order valence-corrected chi connectivity index (χ3v) is 3.05. The van der Waals surface area contributed by atoms with Crippen molar-refractivity contribution in [3.8, 4) is 0 Å². The lowest BCUT2D eigenvalue weighted by Crippen LogP contribution is -2.13. The van der Waals surface area contributed by atoms with Crippen LogP contribution in [0.5, 0.6) is 0 Å². The van der Waals surface area contributed by atoms with Crippen molar-refractivity contribution in [2.24, 2.45) is 11.8 Å². The van der Waals surface area contributed by atoms with E-state index in [2.05, 4.69) is 13.8 Å². The van der Waals surface area contributed by atoms with Crippen LogP contribution >= 0.6 is 0 Å². The van der Waals surface area contributed by atoms with Gasteiger partial charge in [-0.1, -0.05) is 53.4 Å². The summed E-state index contributed by atoms with van der Waals surface area (Å²) in [4.78, 5) is 0. The van der Waals surface area contributed by atoms with Gasteiger partial charge in [-0.05, 0) is 18.3 Å². The molecule has 0 spiro atoms. The van der Waals surface area contributed by atoms with E-state index in [1.807, 2.05) is 0 Å². The molecule has 0 bridgehead atoms. The second-order valence-corrected chi connectivity index (χ2v) is 3.72. The highest BCUT2D eigenvalue weighted by atomic mass is 14.2. The highest BCUT2D eigenvalue weighted by Crippen LogP contribution is 2.32. The SMILES string of the molecule is C.CCC1CCCC(CC)C1. The molecule has 0 heterocycles. The van der Waals surface area contributed by atoms with Crippen molar-refractivity contribution >= 4 is 0 Å². The molecule has 68 valence electrons. The Kier molecular flexibility index (Phi) is 5.62. The fraction of sp³-hybridized carbons (Fsp3) is 1.00. The molecule has 0 saturated heterocycles. The summed E-state index contributed by atoms with van der Waals surface area (Å²) in [6.45, 7) is 4.67. The van der Waals surface area contributed by atoms with Crippen LogP contribution in [0.25, 0.3) is 0 Å². The molecule has 0 aromatic rings. The molecule has 0 aromatic carbocycles. The van der Waals surface area contributed by atoms with E-state index in [4.69, 9.17) is 0 Å². The summed E-state index contributed by atoms with van der Waals surface area (Å²) >= 11 is 0. The topological polar surface area (TPSA) is 0 Å². The van der Waals surface area contributed by atoms with Crippen molar-refractivity contribution in [3.63, 3.8) is 0 Å². The fourth-order valence-corrected chi connectivity index (χ4v) is 2.14. The molecule has 0 nitrogen and oxygen atoms in total. The van der Waals surface area contributed by atoms with Crippen LogP contribution in [0, 0.1) is 11.8 Å². The molecule has 0 amide bonds. The van der Waals surface area contributed by atoms with Gasteiger partial charge in [-0.25, -0.2) is 0 Å². The van der Waals surface area contributed by atoms with Crippen LogP contribution in [0.1, 0.15) is 59.8 Å². The zero-order valence-electron chi connectivity index (χ0n) is 7.40. The van der Waals surface area contributed by atoms with Crippen molar-refractivity contribution in [1.82, 2.24) is 0 Å². The van der Waals surface area contributed by atoms with Gasteiger partial charge >= 0.3 is 0 Å². The van der Waals surface area contributed by atoms with Gasteiger partial charge in [0.05, 0.1) is 0 Å². The molecule has 0 N–H and O–H groups in total. The van der Waals surface area contributed by atoms with E-state index in [1.54, 1.807) is 0 Å². The molecule has 11 heavy (non-hydrogen) atoms. The molecular formula is C11H24. The lowest BCUT2D eigenvalue weighted by molar-refractivity contribution is 0.255. The summed E-state index contributed by atoms with van der Waals surface area (Å²) in [6.07, 6.45) is 8.86. The van der Waals surface area contributed by atoms with Gasteiger partial charge in [-0.15, -0.1) is 0 Å².